The maximum Gasteiger partial charge on any atom is 0.317 e. The zero-order valence-corrected chi connectivity index (χ0v) is 23.1. The number of ether oxygens (including phenoxy) is 2. The molecule has 2 aliphatic heterocycles. The number of Topliss-reactive ketones (excluding diaryl/α,β-unsaturated/α-hetero) is 1. The highest BCUT2D eigenvalue weighted by atomic mass is 16.6. The number of aliphatic hydroxyl groups is 2. The van der Waals surface area contributed by atoms with Crippen molar-refractivity contribution < 1.29 is 29.3 Å². The van der Waals surface area contributed by atoms with E-state index in [1.807, 2.05) is 20.8 Å². The van der Waals surface area contributed by atoms with Crippen molar-refractivity contribution in [2.45, 2.75) is 129 Å². The van der Waals surface area contributed by atoms with Gasteiger partial charge in [-0.3, -0.25) is 9.59 Å². The summed E-state index contributed by atoms with van der Waals surface area (Å²) in [6.07, 6.45) is 6.27. The van der Waals surface area contributed by atoms with Gasteiger partial charge in [0.2, 0.25) is 0 Å². The number of fused-ring (bicyclic) bond motifs is 4. The molecule has 0 aromatic carbocycles. The molecular weight excluding hydrogens is 456 g/mol. The molecule has 0 radical (unpaired) electrons. The number of carbonyl (C=O) groups excluding carboxylic acids is 2. The molecule has 6 heteroatoms. The Hall–Kier alpha value is -1.24. The number of hydrogen-bond acceptors (Lipinski definition) is 6. The van der Waals surface area contributed by atoms with Crippen molar-refractivity contribution in [3.8, 4) is 0 Å². The van der Waals surface area contributed by atoms with Gasteiger partial charge in [-0.1, -0.05) is 39.3 Å². The predicted molar refractivity (Wildman–Crippen MR) is 134 cm³/mol. The smallest absolute Gasteiger partial charge is 0.317 e. The van der Waals surface area contributed by atoms with Crippen LogP contribution in [0.5, 0.6) is 0 Å². The van der Waals surface area contributed by atoms with Gasteiger partial charge in [-0.25, -0.2) is 0 Å². The predicted octanol–water partition coefficient (Wildman–Crippen LogP) is 4.50. The largest absolute Gasteiger partial charge is 0.453 e. The van der Waals surface area contributed by atoms with Gasteiger partial charge >= 0.3 is 5.97 Å². The van der Waals surface area contributed by atoms with Gasteiger partial charge in [0.25, 0.3) is 0 Å². The summed E-state index contributed by atoms with van der Waals surface area (Å²) >= 11 is 0. The normalized spacial score (nSPS) is 54.8. The Morgan fingerprint density at radius 2 is 1.64 bits per heavy atom. The maximum absolute atomic E-state index is 14.3. The van der Waals surface area contributed by atoms with Crippen molar-refractivity contribution >= 4 is 11.8 Å². The van der Waals surface area contributed by atoms with E-state index in [2.05, 4.69) is 33.8 Å². The summed E-state index contributed by atoms with van der Waals surface area (Å²) in [7, 11) is 0. The summed E-state index contributed by atoms with van der Waals surface area (Å²) in [6.45, 7) is 14.5. The minimum absolute atomic E-state index is 0.0117. The van der Waals surface area contributed by atoms with Gasteiger partial charge in [0.1, 0.15) is 22.9 Å². The molecular formula is C30H44O6. The van der Waals surface area contributed by atoms with Crippen molar-refractivity contribution in [2.75, 3.05) is 0 Å². The molecule has 200 valence electrons. The third-order valence-electron chi connectivity index (χ3n) is 12.6. The summed E-state index contributed by atoms with van der Waals surface area (Å²) in [4.78, 5) is 28.3. The Morgan fingerprint density at radius 1 is 0.944 bits per heavy atom. The van der Waals surface area contributed by atoms with Crippen LogP contribution in [0.15, 0.2) is 11.6 Å². The van der Waals surface area contributed by atoms with E-state index in [0.29, 0.717) is 25.7 Å². The van der Waals surface area contributed by atoms with E-state index < -0.39 is 34.1 Å². The zero-order valence-electron chi connectivity index (χ0n) is 23.1. The highest BCUT2D eigenvalue weighted by molar-refractivity contribution is 5.97. The lowest BCUT2D eigenvalue weighted by molar-refractivity contribution is -0.204. The standard InChI is InChI=1S/C30H44O6/c1-24(2)12-11-21(35-24)28(7)30(34)15-14-27(6)17-8-9-19-25(3,4)20(32)10-13-26(19,5)22(17)18(31)16-29(27,30)23(33)36-28/h8,19-22,32,34H,9-16H2,1-7H3/t19?,20?,21?,22?,26?,27-,28-,29?,30-/m0/s1. The van der Waals surface area contributed by atoms with Gasteiger partial charge in [-0.15, -0.1) is 0 Å². The summed E-state index contributed by atoms with van der Waals surface area (Å²) in [6, 6.07) is 0. The van der Waals surface area contributed by atoms with E-state index in [4.69, 9.17) is 9.47 Å². The number of hydrogen-bond donors (Lipinski definition) is 2. The number of rotatable bonds is 1. The highest BCUT2D eigenvalue weighted by Crippen LogP contribution is 2.77. The lowest BCUT2D eigenvalue weighted by Gasteiger charge is -2.62. The molecule has 2 saturated heterocycles. The number of cyclic esters (lactones) is 1. The molecule has 0 bridgehead atoms. The molecule has 6 rings (SSSR count). The first-order valence-electron chi connectivity index (χ1n) is 14.1. The summed E-state index contributed by atoms with van der Waals surface area (Å²) in [5.41, 5.74) is -4.49. The third-order valence-corrected chi connectivity index (χ3v) is 12.6. The van der Waals surface area contributed by atoms with Crippen LogP contribution in [0.4, 0.5) is 0 Å². The molecule has 2 N–H and O–H groups in total. The molecule has 5 fully saturated rings. The Bertz CT molecular complexity index is 1080. The van der Waals surface area contributed by atoms with Gasteiger partial charge in [-0.05, 0) is 82.5 Å². The Kier molecular flexibility index (Phi) is 4.76. The number of allylic oxidation sites excluding steroid dienone is 2. The summed E-state index contributed by atoms with van der Waals surface area (Å²) in [5.74, 6) is -0.492. The second-order valence-electron chi connectivity index (χ2n) is 14.9. The van der Waals surface area contributed by atoms with Crippen LogP contribution >= 0.6 is 0 Å². The minimum atomic E-state index is -1.47. The molecule has 1 spiro atoms. The second kappa shape index (κ2) is 6.84. The van der Waals surface area contributed by atoms with Crippen LogP contribution in [-0.4, -0.2) is 51.0 Å². The van der Waals surface area contributed by atoms with E-state index in [-0.39, 0.29) is 46.6 Å². The fraction of sp³-hybridized carbons (Fsp3) is 0.867. The van der Waals surface area contributed by atoms with Crippen LogP contribution in [-0.2, 0) is 19.1 Å². The lowest BCUT2D eigenvalue weighted by atomic mass is 9.40. The van der Waals surface area contributed by atoms with E-state index in [0.717, 1.165) is 24.8 Å². The fourth-order valence-corrected chi connectivity index (χ4v) is 10.4. The fourth-order valence-electron chi connectivity index (χ4n) is 10.4. The molecule has 0 amide bonds. The third kappa shape index (κ3) is 2.51. The topological polar surface area (TPSA) is 93.1 Å². The molecule has 0 aromatic heterocycles. The van der Waals surface area contributed by atoms with Crippen LogP contribution in [0.2, 0.25) is 0 Å². The van der Waals surface area contributed by atoms with Crippen molar-refractivity contribution in [3.05, 3.63) is 11.6 Å². The number of carbonyl (C=O) groups is 2. The molecule has 3 saturated carbocycles. The van der Waals surface area contributed by atoms with E-state index in [1.165, 1.54) is 0 Å². The molecule has 2 heterocycles. The number of esters is 1. The van der Waals surface area contributed by atoms with Gasteiger partial charge < -0.3 is 19.7 Å². The van der Waals surface area contributed by atoms with Gasteiger partial charge in [0.15, 0.2) is 5.60 Å². The Balaban J connectivity index is 1.47. The molecule has 6 unspecified atom stereocenters. The SMILES string of the molecule is CC1(C)CCC([C@]2(C)OC(=O)C34CC(=O)C5C(=CCC6C(C)(C)C(O)CCC56C)[C@]3(C)CC[C@@]42O)O1. The van der Waals surface area contributed by atoms with Crippen LogP contribution in [0.1, 0.15) is 99.8 Å². The molecule has 0 aromatic rings. The minimum Gasteiger partial charge on any atom is -0.453 e. The first kappa shape index (κ1) is 25.1. The molecule has 6 aliphatic rings. The van der Waals surface area contributed by atoms with Gasteiger partial charge in [-0.2, -0.15) is 0 Å². The zero-order chi connectivity index (χ0) is 26.3. The molecule has 4 aliphatic carbocycles. The van der Waals surface area contributed by atoms with Gasteiger partial charge in [0.05, 0.1) is 11.7 Å². The molecule has 36 heavy (non-hydrogen) atoms. The van der Waals surface area contributed by atoms with Crippen LogP contribution in [0, 0.1) is 33.5 Å². The summed E-state index contributed by atoms with van der Waals surface area (Å²) < 4.78 is 12.6. The van der Waals surface area contributed by atoms with Crippen molar-refractivity contribution in [1.29, 1.82) is 0 Å². The average molecular weight is 501 g/mol. The average Bonchev–Trinajstić information content (AvgIpc) is 3.33. The van der Waals surface area contributed by atoms with E-state index in [1.54, 1.807) is 0 Å². The first-order valence-corrected chi connectivity index (χ1v) is 14.1. The van der Waals surface area contributed by atoms with Crippen LogP contribution in [0.3, 0.4) is 0 Å². The quantitative estimate of drug-likeness (QED) is 0.407. The van der Waals surface area contributed by atoms with Crippen LogP contribution in [0.25, 0.3) is 0 Å². The number of ketones is 1. The molecule has 6 nitrogen and oxygen atoms in total. The van der Waals surface area contributed by atoms with Crippen molar-refractivity contribution in [2.24, 2.45) is 33.5 Å². The maximum atomic E-state index is 14.3. The Morgan fingerprint density at radius 3 is 2.28 bits per heavy atom. The highest BCUT2D eigenvalue weighted by Gasteiger charge is 2.85. The van der Waals surface area contributed by atoms with Crippen molar-refractivity contribution in [1.82, 2.24) is 0 Å². The number of aliphatic hydroxyl groups excluding tert-OH is 1. The van der Waals surface area contributed by atoms with Crippen molar-refractivity contribution in [3.63, 3.8) is 0 Å². The summed E-state index contributed by atoms with van der Waals surface area (Å²) in [5, 5.41) is 23.4. The van der Waals surface area contributed by atoms with Crippen LogP contribution < -0.4 is 0 Å². The second-order valence-corrected chi connectivity index (χ2v) is 14.9. The Labute approximate surface area is 215 Å². The van der Waals surface area contributed by atoms with Gasteiger partial charge in [0, 0.05) is 17.8 Å². The lowest BCUT2D eigenvalue weighted by Crippen LogP contribution is -2.67. The monoisotopic (exact) mass is 500 g/mol. The molecule has 9 atom stereocenters. The van der Waals surface area contributed by atoms with E-state index in [9.17, 15) is 19.8 Å². The first-order chi connectivity index (χ1) is 16.5. The van der Waals surface area contributed by atoms with E-state index >= 15 is 0 Å².